The molecule has 4 heteroatoms. The van der Waals surface area contributed by atoms with Crippen LogP contribution >= 0.6 is 11.6 Å². The first-order valence-corrected chi connectivity index (χ1v) is 3.85. The maximum atomic E-state index is 8.58. The highest BCUT2D eigenvalue weighted by Crippen LogP contribution is 2.15. The van der Waals surface area contributed by atoms with E-state index in [-0.39, 0.29) is 6.41 Å². The number of hydrogen-bond acceptors (Lipinski definition) is 2. The number of halogens is 1. The minimum absolute atomic E-state index is 0.250. The summed E-state index contributed by atoms with van der Waals surface area (Å²) in [7, 11) is 0. The molecule has 1 amide bonds. The predicted octanol–water partition coefficient (Wildman–Crippen LogP) is 1.62. The molecule has 0 atom stereocenters. The molecule has 0 bridgehead atoms. The highest BCUT2D eigenvalue weighted by Gasteiger charge is 1.94. The fourth-order valence-electron chi connectivity index (χ4n) is 0.662. The molecule has 68 valence electrons. The van der Waals surface area contributed by atoms with Crippen molar-refractivity contribution in [3.63, 3.8) is 0 Å². The van der Waals surface area contributed by atoms with Crippen molar-refractivity contribution in [3.05, 3.63) is 34.3 Å². The standard InChI is InChI=1S/C8H6ClN.CH3NO/c1-6-2-3-7(5-10)4-8(6)9;2-1-3/h2-4H,1H3;1H,(H2,2,3). The van der Waals surface area contributed by atoms with Crippen LogP contribution in [-0.2, 0) is 4.79 Å². The Labute approximate surface area is 81.7 Å². The lowest BCUT2D eigenvalue weighted by molar-refractivity contribution is -0.106. The first-order valence-electron chi connectivity index (χ1n) is 3.47. The van der Waals surface area contributed by atoms with Crippen molar-refractivity contribution < 1.29 is 4.79 Å². The number of hydrogen-bond donors (Lipinski definition) is 1. The summed E-state index contributed by atoms with van der Waals surface area (Å²) in [6, 6.07) is 7.26. The lowest BCUT2D eigenvalue weighted by Crippen LogP contribution is -1.82. The zero-order valence-electron chi connectivity index (χ0n) is 7.12. The highest BCUT2D eigenvalue weighted by atomic mass is 35.5. The van der Waals surface area contributed by atoms with Crippen LogP contribution in [-0.4, -0.2) is 6.41 Å². The van der Waals surface area contributed by atoms with Gasteiger partial charge in [0, 0.05) is 5.02 Å². The van der Waals surface area contributed by atoms with Crippen molar-refractivity contribution in [2.75, 3.05) is 0 Å². The van der Waals surface area contributed by atoms with Crippen molar-refractivity contribution in [2.24, 2.45) is 5.73 Å². The predicted molar refractivity (Wildman–Crippen MR) is 51.2 cm³/mol. The molecule has 0 saturated heterocycles. The van der Waals surface area contributed by atoms with Crippen LogP contribution in [0.2, 0.25) is 5.02 Å². The monoisotopic (exact) mass is 196 g/mol. The van der Waals surface area contributed by atoms with Gasteiger partial charge in [0.1, 0.15) is 0 Å². The Hall–Kier alpha value is -1.53. The van der Waals surface area contributed by atoms with Gasteiger partial charge in [-0.15, -0.1) is 0 Å². The van der Waals surface area contributed by atoms with Gasteiger partial charge in [-0.3, -0.25) is 4.79 Å². The summed E-state index contributed by atoms with van der Waals surface area (Å²) >= 11 is 5.74. The first-order chi connectivity index (χ1) is 6.15. The van der Waals surface area contributed by atoms with E-state index in [0.29, 0.717) is 10.6 Å². The number of primary amides is 1. The normalized spacial score (nSPS) is 7.77. The summed E-state index contributed by atoms with van der Waals surface area (Å²) in [5.74, 6) is 0. The number of carbonyl (C=O) groups excluding carboxylic acids is 1. The van der Waals surface area contributed by atoms with Crippen molar-refractivity contribution >= 4 is 18.0 Å². The van der Waals surface area contributed by atoms with Gasteiger partial charge in [-0.05, 0) is 24.6 Å². The van der Waals surface area contributed by atoms with Crippen LogP contribution in [0.15, 0.2) is 18.2 Å². The molecule has 0 spiro atoms. The zero-order chi connectivity index (χ0) is 10.3. The molecule has 0 aromatic heterocycles. The number of nitrogens with zero attached hydrogens (tertiary/aromatic N) is 1. The molecule has 0 saturated carbocycles. The van der Waals surface area contributed by atoms with Crippen LogP contribution in [0.3, 0.4) is 0 Å². The number of carbonyl (C=O) groups is 1. The number of benzene rings is 1. The number of nitrogens with two attached hydrogens (primary N) is 1. The Morgan fingerprint density at radius 2 is 2.15 bits per heavy atom. The van der Waals surface area contributed by atoms with E-state index in [1.807, 2.05) is 19.1 Å². The molecule has 1 aromatic rings. The lowest BCUT2D eigenvalue weighted by Gasteiger charge is -1.94. The molecule has 1 rings (SSSR count). The summed E-state index contributed by atoms with van der Waals surface area (Å²) in [6.07, 6.45) is 0.250. The number of aryl methyl sites for hydroxylation is 1. The molecule has 13 heavy (non-hydrogen) atoms. The second-order valence-corrected chi connectivity index (χ2v) is 2.62. The Morgan fingerprint density at radius 1 is 1.62 bits per heavy atom. The van der Waals surface area contributed by atoms with Crippen LogP contribution in [0.4, 0.5) is 0 Å². The smallest absolute Gasteiger partial charge is 0.204 e. The maximum absolute atomic E-state index is 8.58. The molecule has 0 aliphatic carbocycles. The van der Waals surface area contributed by atoms with Crippen LogP contribution in [0, 0.1) is 18.3 Å². The van der Waals surface area contributed by atoms with Crippen LogP contribution in [0.25, 0.3) is 0 Å². The first kappa shape index (κ1) is 11.5. The second kappa shape index (κ2) is 6.04. The van der Waals surface area contributed by atoms with Crippen molar-refractivity contribution in [3.8, 4) is 6.07 Å². The Balaban J connectivity index is 0.000000424. The minimum Gasteiger partial charge on any atom is -0.372 e. The molecule has 0 fully saturated rings. The van der Waals surface area contributed by atoms with Gasteiger partial charge < -0.3 is 5.73 Å². The molecule has 0 radical (unpaired) electrons. The summed E-state index contributed by atoms with van der Waals surface area (Å²) in [4.78, 5) is 8.58. The van der Waals surface area contributed by atoms with Gasteiger partial charge in [0.2, 0.25) is 6.41 Å². The van der Waals surface area contributed by atoms with Crippen molar-refractivity contribution in [1.29, 1.82) is 5.26 Å². The van der Waals surface area contributed by atoms with Crippen molar-refractivity contribution in [1.82, 2.24) is 0 Å². The Bertz CT molecular complexity index is 331. The fraction of sp³-hybridized carbons (Fsp3) is 0.111. The molecule has 0 aliphatic heterocycles. The molecule has 3 nitrogen and oxygen atoms in total. The van der Waals surface area contributed by atoms with Gasteiger partial charge in [-0.25, -0.2) is 0 Å². The van der Waals surface area contributed by atoms with Gasteiger partial charge in [0.25, 0.3) is 0 Å². The molecule has 0 aliphatic rings. The third-order valence-corrected chi connectivity index (χ3v) is 1.71. The van der Waals surface area contributed by atoms with Gasteiger partial charge in [0.15, 0.2) is 0 Å². The molecular formula is C9H9ClN2O. The van der Waals surface area contributed by atoms with Crippen LogP contribution in [0.5, 0.6) is 0 Å². The SMILES string of the molecule is Cc1ccc(C#N)cc1Cl.NC=O. The Morgan fingerprint density at radius 3 is 2.54 bits per heavy atom. The fourth-order valence-corrected chi connectivity index (χ4v) is 0.843. The molecular weight excluding hydrogens is 188 g/mol. The van der Waals surface area contributed by atoms with E-state index in [2.05, 4.69) is 5.73 Å². The number of amides is 1. The van der Waals surface area contributed by atoms with Gasteiger partial charge in [-0.2, -0.15) is 5.26 Å². The van der Waals surface area contributed by atoms with E-state index < -0.39 is 0 Å². The van der Waals surface area contributed by atoms with Gasteiger partial charge in [-0.1, -0.05) is 17.7 Å². The number of rotatable bonds is 0. The third kappa shape index (κ3) is 4.14. The van der Waals surface area contributed by atoms with Crippen LogP contribution < -0.4 is 5.73 Å². The van der Waals surface area contributed by atoms with Gasteiger partial charge >= 0.3 is 0 Å². The largest absolute Gasteiger partial charge is 0.372 e. The average molecular weight is 197 g/mol. The topological polar surface area (TPSA) is 66.9 Å². The maximum Gasteiger partial charge on any atom is 0.204 e. The summed E-state index contributed by atoms with van der Waals surface area (Å²) in [5.41, 5.74) is 5.77. The molecule has 2 N–H and O–H groups in total. The Kier molecular flexibility index (Phi) is 5.33. The summed E-state index contributed by atoms with van der Waals surface area (Å²) < 4.78 is 0. The van der Waals surface area contributed by atoms with E-state index in [1.165, 1.54) is 0 Å². The van der Waals surface area contributed by atoms with E-state index >= 15 is 0 Å². The molecule has 0 heterocycles. The second-order valence-electron chi connectivity index (χ2n) is 2.21. The van der Waals surface area contributed by atoms with Crippen molar-refractivity contribution in [2.45, 2.75) is 6.92 Å². The summed E-state index contributed by atoms with van der Waals surface area (Å²) in [5, 5.41) is 9.10. The van der Waals surface area contributed by atoms with E-state index in [1.54, 1.807) is 12.1 Å². The quantitative estimate of drug-likeness (QED) is 0.641. The van der Waals surface area contributed by atoms with Gasteiger partial charge in [0.05, 0.1) is 11.6 Å². The summed E-state index contributed by atoms with van der Waals surface area (Å²) in [6.45, 7) is 1.91. The van der Waals surface area contributed by atoms with E-state index in [4.69, 9.17) is 21.7 Å². The van der Waals surface area contributed by atoms with E-state index in [9.17, 15) is 0 Å². The highest BCUT2D eigenvalue weighted by molar-refractivity contribution is 6.31. The molecule has 0 unspecified atom stereocenters. The number of nitriles is 1. The van der Waals surface area contributed by atoms with E-state index in [0.717, 1.165) is 5.56 Å². The third-order valence-electron chi connectivity index (χ3n) is 1.30. The average Bonchev–Trinajstić information content (AvgIpc) is 2.11. The zero-order valence-corrected chi connectivity index (χ0v) is 7.88. The van der Waals surface area contributed by atoms with Crippen LogP contribution in [0.1, 0.15) is 11.1 Å². The lowest BCUT2D eigenvalue weighted by atomic mass is 10.2. The minimum atomic E-state index is 0.250. The molecule has 1 aromatic carbocycles.